The lowest BCUT2D eigenvalue weighted by Crippen LogP contribution is -1.99. The third-order valence-corrected chi connectivity index (χ3v) is 1.94. The molecule has 3 nitrogen and oxygen atoms in total. The number of benzene rings is 1. The molecule has 2 aromatic rings. The van der Waals surface area contributed by atoms with Crippen LogP contribution in [0.4, 0.5) is 0 Å². The second kappa shape index (κ2) is 3.58. The van der Waals surface area contributed by atoms with Crippen molar-refractivity contribution in [3.8, 4) is 0 Å². The van der Waals surface area contributed by atoms with Gasteiger partial charge in [0.25, 0.3) is 0 Å². The molecule has 0 aliphatic rings. The summed E-state index contributed by atoms with van der Waals surface area (Å²) in [4.78, 5) is 3.86. The summed E-state index contributed by atoms with van der Waals surface area (Å²) in [5.74, 6) is 0. The molecule has 66 valence electrons. The van der Waals surface area contributed by atoms with Gasteiger partial charge < -0.3 is 0 Å². The lowest BCUT2D eigenvalue weighted by molar-refractivity contribution is 0.685. The molecule has 0 aliphatic carbocycles. The molecule has 0 fully saturated rings. The Balaban J connectivity index is 2.19. The first kappa shape index (κ1) is 8.26. The second-order valence-electron chi connectivity index (χ2n) is 2.72. The lowest BCUT2D eigenvalue weighted by Gasteiger charge is -2.00. The van der Waals surface area contributed by atoms with Crippen molar-refractivity contribution in [2.75, 3.05) is 0 Å². The van der Waals surface area contributed by atoms with E-state index in [9.17, 15) is 0 Å². The van der Waals surface area contributed by atoms with E-state index >= 15 is 0 Å². The smallest absolute Gasteiger partial charge is 0.137 e. The summed E-state index contributed by atoms with van der Waals surface area (Å²) in [7, 11) is 0. The Bertz CT molecular complexity index is 384. The predicted molar refractivity (Wildman–Crippen MR) is 50.6 cm³/mol. The van der Waals surface area contributed by atoms with Crippen molar-refractivity contribution in [1.82, 2.24) is 14.8 Å². The number of hydrogen-bond acceptors (Lipinski definition) is 2. The summed E-state index contributed by atoms with van der Waals surface area (Å²) in [6.45, 7) is 0.709. The van der Waals surface area contributed by atoms with Crippen molar-refractivity contribution in [2.45, 2.75) is 6.54 Å². The third-order valence-electron chi connectivity index (χ3n) is 1.70. The molecule has 0 bridgehead atoms. The van der Waals surface area contributed by atoms with Crippen LogP contribution in [-0.4, -0.2) is 14.8 Å². The van der Waals surface area contributed by atoms with E-state index in [2.05, 4.69) is 10.1 Å². The van der Waals surface area contributed by atoms with Crippen molar-refractivity contribution in [3.63, 3.8) is 0 Å². The predicted octanol–water partition coefficient (Wildman–Crippen LogP) is 1.98. The highest BCUT2D eigenvalue weighted by molar-refractivity contribution is 6.30. The molecule has 0 radical (unpaired) electrons. The molecular formula is C9H8ClN3. The molecule has 2 rings (SSSR count). The zero-order chi connectivity index (χ0) is 9.10. The van der Waals surface area contributed by atoms with Crippen LogP contribution in [0, 0.1) is 0 Å². The molecule has 13 heavy (non-hydrogen) atoms. The van der Waals surface area contributed by atoms with Gasteiger partial charge in [-0.3, -0.25) is 0 Å². The molecule has 0 aliphatic heterocycles. The Morgan fingerprint density at radius 2 is 2.31 bits per heavy atom. The zero-order valence-corrected chi connectivity index (χ0v) is 7.65. The molecule has 4 heteroatoms. The first-order valence-corrected chi connectivity index (χ1v) is 4.29. The molecule has 0 amide bonds. The minimum absolute atomic E-state index is 0.709. The summed E-state index contributed by atoms with van der Waals surface area (Å²) in [6, 6.07) is 7.71. The van der Waals surface area contributed by atoms with Crippen molar-refractivity contribution in [2.24, 2.45) is 0 Å². The van der Waals surface area contributed by atoms with Gasteiger partial charge in [-0.05, 0) is 17.7 Å². The van der Waals surface area contributed by atoms with Gasteiger partial charge in [0.2, 0.25) is 0 Å². The summed E-state index contributed by atoms with van der Waals surface area (Å²) < 4.78 is 1.76. The van der Waals surface area contributed by atoms with E-state index in [1.807, 2.05) is 24.3 Å². The van der Waals surface area contributed by atoms with Crippen molar-refractivity contribution >= 4 is 11.6 Å². The van der Waals surface area contributed by atoms with Crippen molar-refractivity contribution < 1.29 is 0 Å². The number of halogens is 1. The summed E-state index contributed by atoms with van der Waals surface area (Å²) in [5, 5.41) is 4.75. The zero-order valence-electron chi connectivity index (χ0n) is 6.89. The molecule has 0 N–H and O–H groups in total. The standard InChI is InChI=1S/C9H8ClN3/c10-9-3-1-2-8(4-9)5-13-7-11-6-12-13/h1-4,6-7H,5H2. The van der Waals surface area contributed by atoms with Gasteiger partial charge in [0.05, 0.1) is 6.54 Å². The molecule has 1 aromatic heterocycles. The van der Waals surface area contributed by atoms with E-state index < -0.39 is 0 Å². The maximum Gasteiger partial charge on any atom is 0.137 e. The van der Waals surface area contributed by atoms with E-state index in [4.69, 9.17) is 11.6 Å². The molecule has 0 saturated carbocycles. The highest BCUT2D eigenvalue weighted by Crippen LogP contribution is 2.11. The maximum atomic E-state index is 5.84. The van der Waals surface area contributed by atoms with Crippen LogP contribution in [0.1, 0.15) is 5.56 Å². The van der Waals surface area contributed by atoms with Gasteiger partial charge in [0, 0.05) is 5.02 Å². The second-order valence-corrected chi connectivity index (χ2v) is 3.16. The van der Waals surface area contributed by atoms with Crippen LogP contribution in [-0.2, 0) is 6.54 Å². The fourth-order valence-corrected chi connectivity index (χ4v) is 1.35. The quantitative estimate of drug-likeness (QED) is 0.730. The molecule has 0 spiro atoms. The number of nitrogens with zero attached hydrogens (tertiary/aromatic N) is 3. The van der Waals surface area contributed by atoms with Crippen LogP contribution in [0.25, 0.3) is 0 Å². The Morgan fingerprint density at radius 3 is 3.00 bits per heavy atom. The molecule has 0 unspecified atom stereocenters. The minimum Gasteiger partial charge on any atom is -0.249 e. The maximum absolute atomic E-state index is 5.84. The first-order valence-electron chi connectivity index (χ1n) is 3.91. The average molecular weight is 194 g/mol. The van der Waals surface area contributed by atoms with E-state index in [-0.39, 0.29) is 0 Å². The summed E-state index contributed by atoms with van der Waals surface area (Å²) in [6.07, 6.45) is 3.20. The molecular weight excluding hydrogens is 186 g/mol. The number of hydrogen-bond donors (Lipinski definition) is 0. The van der Waals surface area contributed by atoms with E-state index in [1.54, 1.807) is 11.0 Å². The topological polar surface area (TPSA) is 30.7 Å². The normalized spacial score (nSPS) is 10.2. The summed E-state index contributed by atoms with van der Waals surface area (Å²) in [5.41, 5.74) is 1.12. The average Bonchev–Trinajstić information content (AvgIpc) is 2.57. The Kier molecular flexibility index (Phi) is 2.27. The van der Waals surface area contributed by atoms with Gasteiger partial charge in [-0.2, -0.15) is 5.10 Å². The van der Waals surface area contributed by atoms with E-state index in [0.717, 1.165) is 10.6 Å². The van der Waals surface area contributed by atoms with E-state index in [1.165, 1.54) is 6.33 Å². The van der Waals surface area contributed by atoms with Crippen LogP contribution in [0.3, 0.4) is 0 Å². The van der Waals surface area contributed by atoms with E-state index in [0.29, 0.717) is 6.54 Å². The Morgan fingerprint density at radius 1 is 1.38 bits per heavy atom. The molecule has 1 heterocycles. The largest absolute Gasteiger partial charge is 0.249 e. The van der Waals surface area contributed by atoms with Crippen molar-refractivity contribution in [3.05, 3.63) is 47.5 Å². The molecule has 0 atom stereocenters. The van der Waals surface area contributed by atoms with Crippen LogP contribution in [0.2, 0.25) is 5.02 Å². The minimum atomic E-state index is 0.709. The Labute approximate surface area is 81.0 Å². The highest BCUT2D eigenvalue weighted by atomic mass is 35.5. The summed E-state index contributed by atoms with van der Waals surface area (Å²) >= 11 is 5.84. The lowest BCUT2D eigenvalue weighted by atomic mass is 10.2. The monoisotopic (exact) mass is 193 g/mol. The van der Waals surface area contributed by atoms with Gasteiger partial charge in [0.1, 0.15) is 12.7 Å². The van der Waals surface area contributed by atoms with Gasteiger partial charge in [0.15, 0.2) is 0 Å². The highest BCUT2D eigenvalue weighted by Gasteiger charge is 1.95. The van der Waals surface area contributed by atoms with Gasteiger partial charge in [-0.25, -0.2) is 9.67 Å². The SMILES string of the molecule is Clc1cccc(Cn2cncn2)c1. The first-order chi connectivity index (χ1) is 6.34. The van der Waals surface area contributed by atoms with Crippen LogP contribution in [0.5, 0.6) is 0 Å². The van der Waals surface area contributed by atoms with Gasteiger partial charge >= 0.3 is 0 Å². The van der Waals surface area contributed by atoms with Crippen molar-refractivity contribution in [1.29, 1.82) is 0 Å². The Hall–Kier alpha value is -1.35. The third kappa shape index (κ3) is 2.06. The fraction of sp³-hybridized carbons (Fsp3) is 0.111. The van der Waals surface area contributed by atoms with Gasteiger partial charge in [-0.15, -0.1) is 0 Å². The van der Waals surface area contributed by atoms with Gasteiger partial charge in [-0.1, -0.05) is 23.7 Å². The number of aromatic nitrogens is 3. The van der Waals surface area contributed by atoms with Crippen LogP contribution < -0.4 is 0 Å². The molecule has 0 saturated heterocycles. The van der Waals surface area contributed by atoms with Crippen LogP contribution >= 0.6 is 11.6 Å². The fourth-order valence-electron chi connectivity index (χ4n) is 1.14. The molecule has 1 aromatic carbocycles. The number of rotatable bonds is 2. The van der Waals surface area contributed by atoms with Crippen LogP contribution in [0.15, 0.2) is 36.9 Å².